The fraction of sp³-hybridized carbons (Fsp3) is 0.244. The van der Waals surface area contributed by atoms with Gasteiger partial charge in [-0.05, 0) is 62.2 Å². The molecule has 0 radical (unpaired) electrons. The van der Waals surface area contributed by atoms with Crippen molar-refractivity contribution in [2.45, 2.75) is 57.5 Å². The van der Waals surface area contributed by atoms with Gasteiger partial charge in [-0.15, -0.1) is 0 Å². The van der Waals surface area contributed by atoms with Crippen molar-refractivity contribution in [3.8, 4) is 0 Å². The highest BCUT2D eigenvalue weighted by Crippen LogP contribution is 2.17. The number of rotatable bonds is 17. The van der Waals surface area contributed by atoms with E-state index >= 15 is 0 Å². The average molecular weight is 761 g/mol. The third-order valence-corrected chi connectivity index (χ3v) is 8.69. The SMILES string of the molecule is CC(C)N(CC(O)C(Cc1ccccc1)NC(=O)C(CC(N)=O)NC(=O)c1ccc2ccccc2n1)NC(=O)c1ccccc1NC(=O)OCc1ccccn1. The van der Waals surface area contributed by atoms with Crippen LogP contribution < -0.4 is 27.1 Å². The molecule has 3 atom stereocenters. The lowest BCUT2D eigenvalue weighted by Gasteiger charge is -2.33. The number of aliphatic hydroxyl groups is 1. The number of aliphatic hydroxyl groups excluding tert-OH is 1. The predicted molar refractivity (Wildman–Crippen MR) is 209 cm³/mol. The highest BCUT2D eigenvalue weighted by molar-refractivity contribution is 6.02. The summed E-state index contributed by atoms with van der Waals surface area (Å²) in [6.45, 7) is 3.38. The van der Waals surface area contributed by atoms with Gasteiger partial charge in [-0.1, -0.05) is 72.8 Å². The van der Waals surface area contributed by atoms with Crippen LogP contribution in [0.4, 0.5) is 10.5 Å². The summed E-state index contributed by atoms with van der Waals surface area (Å²) in [5.41, 5.74) is 10.6. The normalized spacial score (nSPS) is 12.7. The summed E-state index contributed by atoms with van der Waals surface area (Å²) < 4.78 is 5.27. The van der Waals surface area contributed by atoms with Gasteiger partial charge >= 0.3 is 6.09 Å². The summed E-state index contributed by atoms with van der Waals surface area (Å²) in [7, 11) is 0. The number of ether oxygens (including phenoxy) is 1. The number of amides is 5. The number of pyridine rings is 2. The van der Waals surface area contributed by atoms with E-state index in [2.05, 4.69) is 31.3 Å². The maximum Gasteiger partial charge on any atom is 0.412 e. The molecule has 0 bridgehead atoms. The summed E-state index contributed by atoms with van der Waals surface area (Å²) in [5, 5.41) is 22.0. The summed E-state index contributed by atoms with van der Waals surface area (Å²) in [6, 6.07) is 28.4. The van der Waals surface area contributed by atoms with Gasteiger partial charge in [0.15, 0.2) is 0 Å². The van der Waals surface area contributed by atoms with Gasteiger partial charge in [0.05, 0.1) is 41.0 Å². The van der Waals surface area contributed by atoms with Crippen molar-refractivity contribution in [3.05, 3.63) is 138 Å². The van der Waals surface area contributed by atoms with Gasteiger partial charge in [0.2, 0.25) is 11.8 Å². The van der Waals surface area contributed by atoms with E-state index < -0.39 is 54.3 Å². The van der Waals surface area contributed by atoms with E-state index in [0.717, 1.165) is 10.9 Å². The number of primary amides is 1. The van der Waals surface area contributed by atoms with Crippen LogP contribution >= 0.6 is 0 Å². The van der Waals surface area contributed by atoms with Gasteiger partial charge in [0, 0.05) is 24.2 Å². The number of hydrazine groups is 1. The highest BCUT2D eigenvalue weighted by atomic mass is 16.5. The minimum absolute atomic E-state index is 0.0355. The number of nitrogens with two attached hydrogens (primary N) is 1. The molecule has 0 aliphatic heterocycles. The molecule has 0 saturated heterocycles. The van der Waals surface area contributed by atoms with Gasteiger partial charge in [0.25, 0.3) is 11.8 Å². The van der Waals surface area contributed by atoms with Gasteiger partial charge in [-0.2, -0.15) is 0 Å². The third-order valence-electron chi connectivity index (χ3n) is 8.69. The Balaban J connectivity index is 1.29. The zero-order chi connectivity index (χ0) is 40.0. The third kappa shape index (κ3) is 11.6. The van der Waals surface area contributed by atoms with E-state index in [1.807, 2.05) is 42.5 Å². The summed E-state index contributed by atoms with van der Waals surface area (Å²) in [6.07, 6.45) is -0.852. The van der Waals surface area contributed by atoms with Crippen molar-refractivity contribution in [3.63, 3.8) is 0 Å². The molecule has 0 spiro atoms. The van der Waals surface area contributed by atoms with Gasteiger partial charge in [-0.25, -0.2) is 14.8 Å². The van der Waals surface area contributed by atoms with Crippen molar-refractivity contribution in [1.29, 1.82) is 0 Å². The maximum atomic E-state index is 13.8. The van der Waals surface area contributed by atoms with E-state index in [4.69, 9.17) is 10.5 Å². The molecule has 290 valence electrons. The number of para-hydroxylation sites is 2. The monoisotopic (exact) mass is 760 g/mol. The average Bonchev–Trinajstić information content (AvgIpc) is 3.19. The number of carbonyl (C=O) groups is 5. The first-order valence-electron chi connectivity index (χ1n) is 17.9. The van der Waals surface area contributed by atoms with Gasteiger partial charge in [-0.3, -0.25) is 34.9 Å². The lowest BCUT2D eigenvalue weighted by molar-refractivity contribution is -0.128. The lowest BCUT2D eigenvalue weighted by atomic mass is 9.99. The van der Waals surface area contributed by atoms with E-state index in [-0.39, 0.29) is 42.6 Å². The number of fused-ring (bicyclic) bond motifs is 1. The molecule has 3 aromatic carbocycles. The van der Waals surface area contributed by atoms with E-state index in [9.17, 15) is 29.1 Å². The molecule has 5 aromatic rings. The summed E-state index contributed by atoms with van der Waals surface area (Å²) >= 11 is 0. The molecule has 0 aliphatic carbocycles. The second kappa shape index (κ2) is 19.6. The molecular formula is C41H44N8O7. The molecule has 0 saturated carbocycles. The highest BCUT2D eigenvalue weighted by Gasteiger charge is 2.31. The molecule has 0 fully saturated rings. The molecule has 15 nitrogen and oxygen atoms in total. The van der Waals surface area contributed by atoms with Crippen LogP contribution in [0.5, 0.6) is 0 Å². The van der Waals surface area contributed by atoms with Crippen molar-refractivity contribution in [2.75, 3.05) is 11.9 Å². The van der Waals surface area contributed by atoms with Crippen molar-refractivity contribution in [2.24, 2.45) is 5.73 Å². The Morgan fingerprint density at radius 1 is 0.821 bits per heavy atom. The second-order valence-electron chi connectivity index (χ2n) is 13.2. The Labute approximate surface area is 323 Å². The Morgan fingerprint density at radius 2 is 1.54 bits per heavy atom. The number of anilines is 1. The molecule has 3 unspecified atom stereocenters. The maximum absolute atomic E-state index is 13.8. The first kappa shape index (κ1) is 40.5. The standard InChI is InChI=1S/C41H44N8O7/c1-26(2)49(48-38(52)30-16-7-9-18-32(30)47-41(55)56-25-29-15-10-11-21-43-29)24-36(50)34(22-27-12-4-3-5-13-27)45-40(54)35(23-37(42)51)46-39(53)33-20-19-28-14-6-8-17-31(28)44-33/h3-21,26,34-36,50H,22-25H2,1-2H3,(H2,42,51)(H,45,54)(H,46,53)(H,47,55)(H,48,52). The van der Waals surface area contributed by atoms with E-state index in [1.54, 1.807) is 74.6 Å². The predicted octanol–water partition coefficient (Wildman–Crippen LogP) is 3.50. The van der Waals surface area contributed by atoms with Crippen LogP contribution in [0.3, 0.4) is 0 Å². The van der Waals surface area contributed by atoms with Crippen LogP contribution in [-0.4, -0.2) is 80.6 Å². The molecule has 15 heteroatoms. The van der Waals surface area contributed by atoms with Crippen LogP contribution in [0.25, 0.3) is 10.9 Å². The van der Waals surface area contributed by atoms with Gasteiger partial charge < -0.3 is 26.2 Å². The van der Waals surface area contributed by atoms with Crippen LogP contribution in [0.2, 0.25) is 0 Å². The summed E-state index contributed by atoms with van der Waals surface area (Å²) in [5.74, 6) is -2.86. The molecule has 5 rings (SSSR count). The molecule has 5 amide bonds. The van der Waals surface area contributed by atoms with Gasteiger partial charge in [0.1, 0.15) is 18.3 Å². The minimum Gasteiger partial charge on any atom is -0.443 e. The summed E-state index contributed by atoms with van der Waals surface area (Å²) in [4.78, 5) is 73.9. The smallest absolute Gasteiger partial charge is 0.412 e. The van der Waals surface area contributed by atoms with Crippen LogP contribution in [0.15, 0.2) is 115 Å². The molecule has 2 heterocycles. The zero-order valence-electron chi connectivity index (χ0n) is 30.9. The molecular weight excluding hydrogens is 716 g/mol. The van der Waals surface area contributed by atoms with Crippen molar-refractivity contribution < 1.29 is 33.8 Å². The lowest BCUT2D eigenvalue weighted by Crippen LogP contribution is -2.58. The van der Waals surface area contributed by atoms with Crippen LogP contribution in [0.1, 0.15) is 52.4 Å². The van der Waals surface area contributed by atoms with Crippen LogP contribution in [-0.2, 0) is 27.4 Å². The molecule has 7 N–H and O–H groups in total. The number of benzene rings is 3. The first-order valence-corrected chi connectivity index (χ1v) is 17.9. The second-order valence-corrected chi connectivity index (χ2v) is 13.2. The Kier molecular flexibility index (Phi) is 14.1. The topological polar surface area (TPSA) is 218 Å². The molecule has 0 aliphatic rings. The molecule has 56 heavy (non-hydrogen) atoms. The number of carbonyl (C=O) groups excluding carboxylic acids is 5. The minimum atomic E-state index is -1.39. The Bertz CT molecular complexity index is 2130. The fourth-order valence-corrected chi connectivity index (χ4v) is 5.73. The zero-order valence-corrected chi connectivity index (χ0v) is 30.9. The largest absolute Gasteiger partial charge is 0.443 e. The number of hydrogen-bond acceptors (Lipinski definition) is 10. The number of aromatic nitrogens is 2. The first-order chi connectivity index (χ1) is 27.0. The van der Waals surface area contributed by atoms with Crippen LogP contribution in [0, 0.1) is 0 Å². The number of hydrogen-bond donors (Lipinski definition) is 6. The Morgan fingerprint density at radius 3 is 2.27 bits per heavy atom. The number of nitrogens with zero attached hydrogens (tertiary/aromatic N) is 3. The Hall–Kier alpha value is -6.71. The molecule has 2 aromatic heterocycles. The van der Waals surface area contributed by atoms with Crippen molar-refractivity contribution in [1.82, 2.24) is 31.0 Å². The van der Waals surface area contributed by atoms with E-state index in [0.29, 0.717) is 11.2 Å². The number of nitrogens with one attached hydrogen (secondary N) is 4. The fourth-order valence-electron chi connectivity index (χ4n) is 5.73. The van der Waals surface area contributed by atoms with Crippen molar-refractivity contribution >= 4 is 46.3 Å². The van der Waals surface area contributed by atoms with E-state index in [1.165, 1.54) is 17.1 Å². The quantitative estimate of drug-likeness (QED) is 0.0758.